The van der Waals surface area contributed by atoms with Gasteiger partial charge in [-0.2, -0.15) is 0 Å². The highest BCUT2D eigenvalue weighted by Gasteiger charge is 2.04. The summed E-state index contributed by atoms with van der Waals surface area (Å²) in [4.78, 5) is 0. The minimum absolute atomic E-state index is 0. The van der Waals surface area contributed by atoms with Gasteiger partial charge in [-0.25, -0.2) is 0 Å². The predicted molar refractivity (Wildman–Crippen MR) is 84.1 cm³/mol. The number of halogens is 1. The first-order chi connectivity index (χ1) is 9.31. The number of benzene rings is 1. The van der Waals surface area contributed by atoms with Crippen LogP contribution in [0, 0.1) is 0 Å². The van der Waals surface area contributed by atoms with Crippen LogP contribution >= 0.6 is 12.4 Å². The minimum Gasteiger partial charge on any atom is -0.493 e. The minimum atomic E-state index is 0. The Kier molecular flexibility index (Phi) is 11.3. The summed E-state index contributed by atoms with van der Waals surface area (Å²) >= 11 is 0. The summed E-state index contributed by atoms with van der Waals surface area (Å²) in [6, 6.07) is 6.00. The number of methoxy groups -OCH3 is 1. The molecule has 0 spiro atoms. The van der Waals surface area contributed by atoms with E-state index >= 15 is 0 Å². The molecule has 1 aromatic rings. The van der Waals surface area contributed by atoms with Gasteiger partial charge in [-0.05, 0) is 50.4 Å². The summed E-state index contributed by atoms with van der Waals surface area (Å²) in [7, 11) is 1.65. The molecule has 116 valence electrons. The van der Waals surface area contributed by atoms with Crippen molar-refractivity contribution >= 4 is 12.4 Å². The van der Waals surface area contributed by atoms with Gasteiger partial charge in [0.2, 0.25) is 0 Å². The summed E-state index contributed by atoms with van der Waals surface area (Å²) < 4.78 is 10.8. The van der Waals surface area contributed by atoms with E-state index in [-0.39, 0.29) is 19.0 Å². The second-order valence-corrected chi connectivity index (χ2v) is 4.38. The maximum atomic E-state index is 8.69. The van der Waals surface area contributed by atoms with Crippen LogP contribution in [-0.2, 0) is 6.54 Å². The van der Waals surface area contributed by atoms with Gasteiger partial charge in [0.25, 0.3) is 0 Å². The quantitative estimate of drug-likeness (QED) is 0.653. The molecule has 0 saturated heterocycles. The van der Waals surface area contributed by atoms with E-state index in [1.54, 1.807) is 7.11 Å². The van der Waals surface area contributed by atoms with Crippen LogP contribution in [0.15, 0.2) is 18.2 Å². The van der Waals surface area contributed by atoms with E-state index in [0.717, 1.165) is 43.9 Å². The van der Waals surface area contributed by atoms with Crippen LogP contribution in [0.3, 0.4) is 0 Å². The molecular formula is C15H26ClNO3. The molecule has 4 nitrogen and oxygen atoms in total. The average Bonchev–Trinajstić information content (AvgIpc) is 2.43. The van der Waals surface area contributed by atoms with Gasteiger partial charge >= 0.3 is 0 Å². The van der Waals surface area contributed by atoms with Crippen LogP contribution < -0.4 is 14.8 Å². The van der Waals surface area contributed by atoms with Crippen molar-refractivity contribution in [1.82, 2.24) is 5.32 Å². The Morgan fingerprint density at radius 3 is 2.60 bits per heavy atom. The van der Waals surface area contributed by atoms with Gasteiger partial charge < -0.3 is 19.9 Å². The van der Waals surface area contributed by atoms with E-state index in [1.165, 1.54) is 5.56 Å². The molecule has 0 bridgehead atoms. The number of hydrogen-bond donors (Lipinski definition) is 2. The molecule has 2 N–H and O–H groups in total. The smallest absolute Gasteiger partial charge is 0.161 e. The van der Waals surface area contributed by atoms with Gasteiger partial charge in [-0.15, -0.1) is 12.4 Å². The zero-order chi connectivity index (χ0) is 13.9. The molecule has 0 fully saturated rings. The van der Waals surface area contributed by atoms with Crippen molar-refractivity contribution in [1.29, 1.82) is 0 Å². The molecule has 1 rings (SSSR count). The Labute approximate surface area is 127 Å². The van der Waals surface area contributed by atoms with Gasteiger partial charge in [0.05, 0.1) is 13.7 Å². The lowest BCUT2D eigenvalue weighted by molar-refractivity contribution is 0.283. The topological polar surface area (TPSA) is 50.7 Å². The first-order valence-electron chi connectivity index (χ1n) is 6.93. The van der Waals surface area contributed by atoms with Crippen LogP contribution in [0.4, 0.5) is 0 Å². The van der Waals surface area contributed by atoms with Crippen LogP contribution in [-0.4, -0.2) is 32.0 Å². The molecule has 0 aliphatic carbocycles. The number of rotatable bonds is 10. The molecule has 20 heavy (non-hydrogen) atoms. The van der Waals surface area contributed by atoms with Gasteiger partial charge in [0.1, 0.15) is 0 Å². The lowest BCUT2D eigenvalue weighted by atomic mass is 10.2. The highest BCUT2D eigenvalue weighted by molar-refractivity contribution is 5.85. The Balaban J connectivity index is 0.00000361. The van der Waals surface area contributed by atoms with E-state index in [4.69, 9.17) is 14.6 Å². The molecule has 0 amide bonds. The Hall–Kier alpha value is -0.970. The lowest BCUT2D eigenvalue weighted by Gasteiger charge is -2.11. The lowest BCUT2D eigenvalue weighted by Crippen LogP contribution is -2.14. The fraction of sp³-hybridized carbons (Fsp3) is 0.600. The van der Waals surface area contributed by atoms with Gasteiger partial charge in [-0.3, -0.25) is 0 Å². The summed E-state index contributed by atoms with van der Waals surface area (Å²) in [5.74, 6) is 1.57. The van der Waals surface area contributed by atoms with Crippen LogP contribution in [0.2, 0.25) is 0 Å². The van der Waals surface area contributed by atoms with Crippen molar-refractivity contribution in [3.05, 3.63) is 23.8 Å². The van der Waals surface area contributed by atoms with E-state index in [2.05, 4.69) is 5.32 Å². The third-order valence-electron chi connectivity index (χ3n) is 2.87. The molecule has 5 heteroatoms. The first kappa shape index (κ1) is 19.0. The van der Waals surface area contributed by atoms with E-state index in [9.17, 15) is 0 Å². The zero-order valence-electron chi connectivity index (χ0n) is 12.4. The van der Waals surface area contributed by atoms with Crippen molar-refractivity contribution in [2.24, 2.45) is 0 Å². The van der Waals surface area contributed by atoms with E-state index in [1.807, 2.05) is 25.1 Å². The number of aliphatic hydroxyl groups is 1. The monoisotopic (exact) mass is 303 g/mol. The number of aliphatic hydroxyl groups excluding tert-OH is 1. The molecule has 0 aromatic heterocycles. The van der Waals surface area contributed by atoms with Crippen LogP contribution in [0.1, 0.15) is 31.7 Å². The first-order valence-corrected chi connectivity index (χ1v) is 6.93. The third kappa shape index (κ3) is 6.98. The molecule has 1 aromatic carbocycles. The normalized spacial score (nSPS) is 9.95. The highest BCUT2D eigenvalue weighted by Crippen LogP contribution is 2.27. The largest absolute Gasteiger partial charge is 0.493 e. The Bertz CT molecular complexity index is 361. The predicted octanol–water partition coefficient (Wildman–Crippen LogP) is 2.77. The second-order valence-electron chi connectivity index (χ2n) is 4.38. The second kappa shape index (κ2) is 11.8. The Morgan fingerprint density at radius 1 is 1.15 bits per heavy atom. The fourth-order valence-corrected chi connectivity index (χ4v) is 1.87. The fourth-order valence-electron chi connectivity index (χ4n) is 1.87. The van der Waals surface area contributed by atoms with Crippen LogP contribution in [0.25, 0.3) is 0 Å². The van der Waals surface area contributed by atoms with Gasteiger partial charge in [0, 0.05) is 13.2 Å². The maximum absolute atomic E-state index is 8.69. The number of ether oxygens (including phenoxy) is 2. The number of hydrogen-bond acceptors (Lipinski definition) is 4. The summed E-state index contributed by atoms with van der Waals surface area (Å²) in [6.45, 7) is 4.68. The van der Waals surface area contributed by atoms with Gasteiger partial charge in [0.15, 0.2) is 11.5 Å². The molecule has 0 heterocycles. The van der Waals surface area contributed by atoms with Crippen molar-refractivity contribution in [2.45, 2.75) is 32.7 Å². The summed E-state index contributed by atoms with van der Waals surface area (Å²) in [5, 5.41) is 12.1. The molecule has 0 aliphatic heterocycles. The molecule has 0 atom stereocenters. The standard InChI is InChI=1S/C15H25NO3.ClH/c1-3-19-15-11-13(7-8-14(15)18-2)12-16-9-5-4-6-10-17;/h7-8,11,16-17H,3-6,9-10,12H2,1-2H3;1H. The maximum Gasteiger partial charge on any atom is 0.161 e. The number of nitrogens with one attached hydrogen (secondary N) is 1. The third-order valence-corrected chi connectivity index (χ3v) is 2.87. The summed E-state index contributed by atoms with van der Waals surface area (Å²) in [5.41, 5.74) is 1.19. The average molecular weight is 304 g/mol. The zero-order valence-corrected chi connectivity index (χ0v) is 13.2. The highest BCUT2D eigenvalue weighted by atomic mass is 35.5. The van der Waals surface area contributed by atoms with Crippen LogP contribution in [0.5, 0.6) is 11.5 Å². The molecule has 0 unspecified atom stereocenters. The van der Waals surface area contributed by atoms with Gasteiger partial charge in [-0.1, -0.05) is 6.07 Å². The molecular weight excluding hydrogens is 278 g/mol. The van der Waals surface area contributed by atoms with E-state index in [0.29, 0.717) is 6.61 Å². The van der Waals surface area contributed by atoms with Crippen molar-refractivity contribution in [3.63, 3.8) is 0 Å². The van der Waals surface area contributed by atoms with E-state index < -0.39 is 0 Å². The van der Waals surface area contributed by atoms with Crippen molar-refractivity contribution in [3.8, 4) is 11.5 Å². The molecule has 0 aliphatic rings. The molecule has 0 radical (unpaired) electrons. The SMILES string of the molecule is CCOc1cc(CNCCCCCO)ccc1OC.Cl. The Morgan fingerprint density at radius 2 is 1.95 bits per heavy atom. The van der Waals surface area contributed by atoms with Crippen molar-refractivity contribution in [2.75, 3.05) is 26.9 Å². The van der Waals surface area contributed by atoms with Crippen molar-refractivity contribution < 1.29 is 14.6 Å². The number of unbranched alkanes of at least 4 members (excludes halogenated alkanes) is 2. The summed E-state index contributed by atoms with van der Waals surface area (Å²) in [6.07, 6.45) is 3.05. The molecule has 0 saturated carbocycles.